The number of anilines is 1. The van der Waals surface area contributed by atoms with Crippen LogP contribution in [0, 0.1) is 23.2 Å². The summed E-state index contributed by atoms with van der Waals surface area (Å²) in [6.07, 6.45) is 29.6. The summed E-state index contributed by atoms with van der Waals surface area (Å²) in [4.78, 5) is 2.84. The Hall–Kier alpha value is -4.62. The van der Waals surface area contributed by atoms with E-state index in [2.05, 4.69) is 164 Å². The van der Waals surface area contributed by atoms with Crippen molar-refractivity contribution in [2.24, 2.45) is 23.2 Å². The lowest BCUT2D eigenvalue weighted by molar-refractivity contribution is 0.224. The van der Waals surface area contributed by atoms with Gasteiger partial charge >= 0.3 is 0 Å². The summed E-state index contributed by atoms with van der Waals surface area (Å²) in [6.45, 7) is 2.55. The van der Waals surface area contributed by atoms with Gasteiger partial charge in [0.05, 0.1) is 5.54 Å². The van der Waals surface area contributed by atoms with E-state index >= 15 is 0 Å². The first-order valence-corrected chi connectivity index (χ1v) is 21.2. The van der Waals surface area contributed by atoms with Crippen LogP contribution in [0.25, 0.3) is 21.9 Å². The SMILES string of the molecule is CC1(C2C=CC(N(c3ccc(-c4ccccc4)cc3)C34C=CC(c5ccccc5)CC3C4)CC2)C=CC(Cc2cc3ccccc3c3c2CCCC3)CC1. The molecule has 0 aromatic heterocycles. The molecular formula is C53H55N. The van der Waals surface area contributed by atoms with Crippen molar-refractivity contribution in [2.75, 3.05) is 4.90 Å². The Balaban J connectivity index is 0.889. The Morgan fingerprint density at radius 2 is 1.41 bits per heavy atom. The predicted octanol–water partition coefficient (Wildman–Crippen LogP) is 13.2. The lowest BCUT2D eigenvalue weighted by Gasteiger charge is -2.45. The van der Waals surface area contributed by atoms with E-state index in [0.717, 1.165) is 0 Å². The van der Waals surface area contributed by atoms with Crippen molar-refractivity contribution in [3.05, 3.63) is 174 Å². The van der Waals surface area contributed by atoms with Crippen LogP contribution in [-0.2, 0) is 19.3 Å². The van der Waals surface area contributed by atoms with E-state index in [9.17, 15) is 0 Å². The quantitative estimate of drug-likeness (QED) is 0.145. The summed E-state index contributed by atoms with van der Waals surface area (Å²) in [5, 5.41) is 2.94. The standard InChI is InChI=1S/C53H55N/c1-52(31-28-38(29-32-52)34-44-35-43-16-8-9-17-49(43)51-19-11-10-18-50(44)51)45-22-26-48(27-23-45)54(47-24-20-41(21-25-47)39-12-4-2-5-13-39)53-33-30-42(36-46(53)37-53)40-14-6-3-7-15-40/h2-9,12-17,20-22,24-26,28,30-31,33,35,38,42,45-46,48H,10-11,18-19,23,27,29,32,34,36-37H2,1H3. The maximum absolute atomic E-state index is 2.84. The van der Waals surface area contributed by atoms with Crippen molar-refractivity contribution >= 4 is 16.5 Å². The third kappa shape index (κ3) is 6.18. The minimum absolute atomic E-state index is 0.116. The van der Waals surface area contributed by atoms with Crippen molar-refractivity contribution in [3.8, 4) is 11.1 Å². The van der Waals surface area contributed by atoms with Crippen molar-refractivity contribution in [1.82, 2.24) is 0 Å². The lowest BCUT2D eigenvalue weighted by Crippen LogP contribution is -2.47. The van der Waals surface area contributed by atoms with E-state index in [1.165, 1.54) is 104 Å². The van der Waals surface area contributed by atoms with Gasteiger partial charge in [-0.3, -0.25) is 0 Å². The Kier molecular flexibility index (Phi) is 8.73. The van der Waals surface area contributed by atoms with Crippen LogP contribution in [-0.4, -0.2) is 11.6 Å². The number of hydrogen-bond acceptors (Lipinski definition) is 1. The van der Waals surface area contributed by atoms with Crippen LogP contribution in [0.2, 0.25) is 0 Å². The molecule has 0 spiro atoms. The average molecular weight is 706 g/mol. The lowest BCUT2D eigenvalue weighted by atomic mass is 9.65. The molecule has 54 heavy (non-hydrogen) atoms. The Bertz CT molecular complexity index is 2210. The monoisotopic (exact) mass is 705 g/mol. The number of hydrogen-bond donors (Lipinski definition) is 0. The molecule has 5 aliphatic carbocycles. The highest BCUT2D eigenvalue weighted by Gasteiger charge is 2.59. The minimum atomic E-state index is 0.116. The molecule has 1 saturated carbocycles. The first-order chi connectivity index (χ1) is 26.6. The smallest absolute Gasteiger partial charge is 0.0624 e. The molecule has 1 fully saturated rings. The zero-order valence-corrected chi connectivity index (χ0v) is 32.0. The van der Waals surface area contributed by atoms with Crippen molar-refractivity contribution in [1.29, 1.82) is 0 Å². The van der Waals surface area contributed by atoms with Gasteiger partial charge in [-0.15, -0.1) is 0 Å². The molecule has 272 valence electrons. The average Bonchev–Trinajstić information content (AvgIpc) is 3.97. The van der Waals surface area contributed by atoms with Crippen LogP contribution in [0.15, 0.2) is 152 Å². The van der Waals surface area contributed by atoms with Crippen molar-refractivity contribution < 1.29 is 0 Å². The van der Waals surface area contributed by atoms with Gasteiger partial charge in [0.25, 0.3) is 0 Å². The van der Waals surface area contributed by atoms with Crippen LogP contribution in [0.4, 0.5) is 5.69 Å². The van der Waals surface area contributed by atoms with Gasteiger partial charge in [-0.05, 0) is 150 Å². The van der Waals surface area contributed by atoms with Gasteiger partial charge in [-0.2, -0.15) is 0 Å². The molecule has 7 unspecified atom stereocenters. The summed E-state index contributed by atoms with van der Waals surface area (Å²) in [6, 6.07) is 43.6. The highest BCUT2D eigenvalue weighted by Crippen LogP contribution is 2.60. The molecule has 5 aliphatic rings. The minimum Gasteiger partial charge on any atom is -0.356 e. The van der Waals surface area contributed by atoms with Crippen LogP contribution in [0.1, 0.15) is 86.5 Å². The van der Waals surface area contributed by atoms with E-state index in [-0.39, 0.29) is 11.0 Å². The number of rotatable bonds is 8. The molecule has 0 amide bonds. The van der Waals surface area contributed by atoms with Gasteiger partial charge in [-0.1, -0.05) is 147 Å². The van der Waals surface area contributed by atoms with Crippen LogP contribution >= 0.6 is 0 Å². The van der Waals surface area contributed by atoms with Gasteiger partial charge < -0.3 is 4.90 Å². The molecule has 0 heterocycles. The fraction of sp³-hybridized carbons (Fsp3) is 0.358. The van der Waals surface area contributed by atoms with Crippen molar-refractivity contribution in [2.45, 2.75) is 95.1 Å². The Morgan fingerprint density at radius 3 is 2.15 bits per heavy atom. The predicted molar refractivity (Wildman–Crippen MR) is 228 cm³/mol. The molecule has 1 nitrogen and oxygen atoms in total. The van der Waals surface area contributed by atoms with E-state index < -0.39 is 0 Å². The highest BCUT2D eigenvalue weighted by molar-refractivity contribution is 5.88. The van der Waals surface area contributed by atoms with Gasteiger partial charge in [-0.25, -0.2) is 0 Å². The largest absolute Gasteiger partial charge is 0.356 e. The van der Waals surface area contributed by atoms with Gasteiger partial charge in [0.2, 0.25) is 0 Å². The second-order valence-corrected chi connectivity index (χ2v) is 17.7. The molecule has 5 aromatic rings. The summed E-state index contributed by atoms with van der Waals surface area (Å²) >= 11 is 0. The normalized spacial score (nSPS) is 29.8. The van der Waals surface area contributed by atoms with Crippen molar-refractivity contribution in [3.63, 3.8) is 0 Å². The summed E-state index contributed by atoms with van der Waals surface area (Å²) in [7, 11) is 0. The Morgan fingerprint density at radius 1 is 0.667 bits per heavy atom. The zero-order valence-electron chi connectivity index (χ0n) is 32.0. The number of nitrogens with zero attached hydrogens (tertiary/aromatic N) is 1. The highest BCUT2D eigenvalue weighted by atomic mass is 15.3. The van der Waals surface area contributed by atoms with Gasteiger partial charge in [0.1, 0.15) is 0 Å². The second kappa shape index (κ2) is 13.9. The Labute approximate surface area is 323 Å². The molecular weight excluding hydrogens is 651 g/mol. The molecule has 0 saturated heterocycles. The van der Waals surface area contributed by atoms with E-state index in [4.69, 9.17) is 0 Å². The van der Waals surface area contributed by atoms with E-state index in [0.29, 0.717) is 29.7 Å². The molecule has 0 aliphatic heterocycles. The maximum atomic E-state index is 2.84. The van der Waals surface area contributed by atoms with Gasteiger partial charge in [0.15, 0.2) is 0 Å². The number of fused-ring (bicyclic) bond motifs is 4. The van der Waals surface area contributed by atoms with Crippen LogP contribution in [0.5, 0.6) is 0 Å². The summed E-state index contributed by atoms with van der Waals surface area (Å²) in [5.74, 6) is 2.45. The third-order valence-corrected chi connectivity index (χ3v) is 14.5. The first kappa shape index (κ1) is 33.9. The molecule has 5 aromatic carbocycles. The molecule has 0 N–H and O–H groups in total. The fourth-order valence-electron chi connectivity index (χ4n) is 11.3. The molecule has 1 heteroatoms. The second-order valence-electron chi connectivity index (χ2n) is 17.7. The summed E-state index contributed by atoms with van der Waals surface area (Å²) in [5.41, 5.74) is 10.7. The third-order valence-electron chi connectivity index (χ3n) is 14.5. The number of aryl methyl sites for hydroxylation is 1. The molecule has 0 radical (unpaired) electrons. The summed E-state index contributed by atoms with van der Waals surface area (Å²) < 4.78 is 0. The maximum Gasteiger partial charge on any atom is 0.0624 e. The fourth-order valence-corrected chi connectivity index (χ4v) is 11.3. The first-order valence-electron chi connectivity index (χ1n) is 21.2. The van der Waals surface area contributed by atoms with Crippen LogP contribution < -0.4 is 4.90 Å². The van der Waals surface area contributed by atoms with Crippen LogP contribution in [0.3, 0.4) is 0 Å². The topological polar surface area (TPSA) is 3.24 Å². The number of benzene rings is 5. The molecule has 10 rings (SSSR count). The van der Waals surface area contributed by atoms with E-state index in [1.807, 2.05) is 0 Å². The molecule has 7 atom stereocenters. The zero-order chi connectivity index (χ0) is 36.1. The van der Waals surface area contributed by atoms with E-state index in [1.54, 1.807) is 16.7 Å². The number of allylic oxidation sites excluding steroid dienone is 4. The molecule has 0 bridgehead atoms. The van der Waals surface area contributed by atoms with Gasteiger partial charge in [0, 0.05) is 17.6 Å².